The number of hydrogen-bond donors (Lipinski definition) is 2. The molecule has 0 radical (unpaired) electrons. The lowest BCUT2D eigenvalue weighted by Gasteiger charge is -2.25. The first kappa shape index (κ1) is 12.2. The van der Waals surface area contributed by atoms with E-state index in [0.29, 0.717) is 12.0 Å². The topological polar surface area (TPSA) is 58.2 Å². The lowest BCUT2D eigenvalue weighted by atomic mass is 9.99. The van der Waals surface area contributed by atoms with Gasteiger partial charge in [-0.05, 0) is 37.5 Å². The number of benzene rings is 1. The van der Waals surface area contributed by atoms with Crippen LogP contribution in [0.4, 0.5) is 5.69 Å². The maximum absolute atomic E-state index is 12.3. The monoisotopic (exact) mass is 258 g/mol. The Labute approximate surface area is 112 Å². The summed E-state index contributed by atoms with van der Waals surface area (Å²) in [7, 11) is 0. The second-order valence-corrected chi connectivity index (χ2v) is 5.82. The Morgan fingerprint density at radius 1 is 1.32 bits per heavy atom. The van der Waals surface area contributed by atoms with Crippen molar-refractivity contribution in [2.45, 2.75) is 44.6 Å². The van der Waals surface area contributed by atoms with Gasteiger partial charge in [-0.15, -0.1) is 0 Å². The van der Waals surface area contributed by atoms with Crippen LogP contribution in [0, 0.1) is 0 Å². The Kier molecular flexibility index (Phi) is 2.81. The number of anilines is 1. The molecule has 3 rings (SSSR count). The van der Waals surface area contributed by atoms with Gasteiger partial charge in [0.05, 0.1) is 6.42 Å². The molecular formula is C15H18N2O2. The third-order valence-corrected chi connectivity index (χ3v) is 4.12. The molecule has 0 saturated heterocycles. The average molecular weight is 258 g/mol. The number of fused-ring (bicyclic) bond motifs is 1. The van der Waals surface area contributed by atoms with E-state index in [9.17, 15) is 9.59 Å². The zero-order valence-electron chi connectivity index (χ0n) is 11.1. The van der Waals surface area contributed by atoms with Crippen LogP contribution in [0.5, 0.6) is 0 Å². The first-order valence-corrected chi connectivity index (χ1v) is 6.81. The van der Waals surface area contributed by atoms with Crippen molar-refractivity contribution in [1.82, 2.24) is 5.32 Å². The van der Waals surface area contributed by atoms with Crippen LogP contribution in [0.2, 0.25) is 0 Å². The van der Waals surface area contributed by atoms with Gasteiger partial charge in [0, 0.05) is 16.8 Å². The van der Waals surface area contributed by atoms with Gasteiger partial charge in [0.25, 0.3) is 5.91 Å². The molecule has 0 aromatic heterocycles. The highest BCUT2D eigenvalue weighted by Gasteiger charge is 2.30. The zero-order valence-corrected chi connectivity index (χ0v) is 11.1. The molecule has 1 aromatic carbocycles. The van der Waals surface area contributed by atoms with Gasteiger partial charge in [0.15, 0.2) is 0 Å². The van der Waals surface area contributed by atoms with Crippen molar-refractivity contribution in [1.29, 1.82) is 0 Å². The predicted molar refractivity (Wildman–Crippen MR) is 73.1 cm³/mol. The molecule has 0 spiro atoms. The van der Waals surface area contributed by atoms with Crippen molar-refractivity contribution in [2.24, 2.45) is 0 Å². The summed E-state index contributed by atoms with van der Waals surface area (Å²) in [6, 6.07) is 5.43. The van der Waals surface area contributed by atoms with E-state index >= 15 is 0 Å². The molecule has 19 heavy (non-hydrogen) atoms. The molecule has 1 aromatic rings. The summed E-state index contributed by atoms with van der Waals surface area (Å²) in [5.74, 6) is -0.0522. The summed E-state index contributed by atoms with van der Waals surface area (Å²) < 4.78 is 0. The van der Waals surface area contributed by atoms with Gasteiger partial charge in [0.1, 0.15) is 0 Å². The largest absolute Gasteiger partial charge is 0.347 e. The number of hydrogen-bond acceptors (Lipinski definition) is 2. The van der Waals surface area contributed by atoms with Gasteiger partial charge in [0.2, 0.25) is 5.91 Å². The lowest BCUT2D eigenvalue weighted by molar-refractivity contribution is -0.115. The highest BCUT2D eigenvalue weighted by atomic mass is 16.2. The molecule has 2 N–H and O–H groups in total. The summed E-state index contributed by atoms with van der Waals surface area (Å²) in [6.07, 6.45) is 4.85. The van der Waals surface area contributed by atoms with Crippen molar-refractivity contribution >= 4 is 17.5 Å². The molecule has 2 aliphatic rings. The molecule has 0 bridgehead atoms. The second-order valence-electron chi connectivity index (χ2n) is 5.82. The van der Waals surface area contributed by atoms with E-state index in [4.69, 9.17) is 0 Å². The Hall–Kier alpha value is -1.84. The van der Waals surface area contributed by atoms with Gasteiger partial charge < -0.3 is 10.6 Å². The molecular weight excluding hydrogens is 240 g/mol. The third-order valence-electron chi connectivity index (χ3n) is 4.12. The minimum absolute atomic E-state index is 0.00434. The molecule has 0 unspecified atom stereocenters. The van der Waals surface area contributed by atoms with Crippen LogP contribution in [0.1, 0.15) is 48.5 Å². The maximum Gasteiger partial charge on any atom is 0.251 e. The molecule has 4 heteroatoms. The minimum atomic E-state index is -0.0701. The fourth-order valence-electron chi connectivity index (χ4n) is 2.98. The Bertz CT molecular complexity index is 545. The molecule has 100 valence electrons. The Morgan fingerprint density at radius 3 is 2.79 bits per heavy atom. The van der Waals surface area contributed by atoms with Gasteiger partial charge in [-0.2, -0.15) is 0 Å². The van der Waals surface area contributed by atoms with E-state index in [2.05, 4.69) is 17.6 Å². The Morgan fingerprint density at radius 2 is 2.05 bits per heavy atom. The number of carbonyl (C=O) groups is 2. The first-order valence-electron chi connectivity index (χ1n) is 6.81. The SMILES string of the molecule is CC1(NC(=O)c2ccc3c(c2)NC(=O)C3)CCCC1. The molecule has 2 amide bonds. The minimum Gasteiger partial charge on any atom is -0.347 e. The smallest absolute Gasteiger partial charge is 0.251 e. The summed E-state index contributed by atoms with van der Waals surface area (Å²) >= 11 is 0. The van der Waals surface area contributed by atoms with Crippen LogP contribution in [0.15, 0.2) is 18.2 Å². The number of rotatable bonds is 2. The quantitative estimate of drug-likeness (QED) is 0.854. The number of nitrogens with one attached hydrogen (secondary N) is 2. The van der Waals surface area contributed by atoms with Crippen LogP contribution in [-0.2, 0) is 11.2 Å². The van der Waals surface area contributed by atoms with Gasteiger partial charge in [-0.25, -0.2) is 0 Å². The molecule has 1 heterocycles. The van der Waals surface area contributed by atoms with Crippen LogP contribution >= 0.6 is 0 Å². The summed E-state index contributed by atoms with van der Waals surface area (Å²) in [4.78, 5) is 23.6. The van der Waals surface area contributed by atoms with E-state index in [-0.39, 0.29) is 17.4 Å². The summed E-state index contributed by atoms with van der Waals surface area (Å²) in [5, 5.41) is 5.90. The summed E-state index contributed by atoms with van der Waals surface area (Å²) in [5.41, 5.74) is 2.29. The van der Waals surface area contributed by atoms with E-state index < -0.39 is 0 Å². The van der Waals surface area contributed by atoms with Crippen molar-refractivity contribution in [3.63, 3.8) is 0 Å². The zero-order chi connectivity index (χ0) is 13.5. The first-order chi connectivity index (χ1) is 9.06. The van der Waals surface area contributed by atoms with Crippen LogP contribution in [-0.4, -0.2) is 17.4 Å². The highest BCUT2D eigenvalue weighted by molar-refractivity contribution is 6.02. The molecule has 1 saturated carbocycles. The third kappa shape index (κ3) is 2.35. The summed E-state index contributed by atoms with van der Waals surface area (Å²) in [6.45, 7) is 2.10. The molecule has 1 fully saturated rings. The van der Waals surface area contributed by atoms with Crippen molar-refractivity contribution in [3.05, 3.63) is 29.3 Å². The molecule has 1 aliphatic carbocycles. The molecule has 0 atom stereocenters. The normalized spacial score (nSPS) is 19.9. The molecule has 4 nitrogen and oxygen atoms in total. The molecule has 1 aliphatic heterocycles. The van der Waals surface area contributed by atoms with E-state index in [1.807, 2.05) is 6.07 Å². The number of carbonyl (C=O) groups excluding carboxylic acids is 2. The van der Waals surface area contributed by atoms with E-state index in [1.54, 1.807) is 12.1 Å². The van der Waals surface area contributed by atoms with Crippen LogP contribution in [0.3, 0.4) is 0 Å². The second kappa shape index (κ2) is 4.37. The van der Waals surface area contributed by atoms with Crippen molar-refractivity contribution in [3.8, 4) is 0 Å². The highest BCUT2D eigenvalue weighted by Crippen LogP contribution is 2.30. The predicted octanol–water partition coefficient (Wildman–Crippen LogP) is 2.24. The van der Waals surface area contributed by atoms with E-state index in [0.717, 1.165) is 24.1 Å². The standard InChI is InChI=1S/C15H18N2O2/c1-15(6-2-3-7-15)17-14(19)11-5-4-10-9-13(18)16-12(10)8-11/h4-5,8H,2-3,6-7,9H2,1H3,(H,16,18)(H,17,19). The van der Waals surface area contributed by atoms with Crippen molar-refractivity contribution < 1.29 is 9.59 Å². The average Bonchev–Trinajstić information content (AvgIpc) is 2.93. The van der Waals surface area contributed by atoms with Crippen LogP contribution in [0.25, 0.3) is 0 Å². The number of amides is 2. The fraction of sp³-hybridized carbons (Fsp3) is 0.467. The maximum atomic E-state index is 12.3. The Balaban J connectivity index is 1.77. The van der Waals surface area contributed by atoms with Gasteiger partial charge >= 0.3 is 0 Å². The fourth-order valence-corrected chi connectivity index (χ4v) is 2.98. The van der Waals surface area contributed by atoms with Crippen molar-refractivity contribution in [2.75, 3.05) is 5.32 Å². The van der Waals surface area contributed by atoms with E-state index in [1.165, 1.54) is 12.8 Å². The van der Waals surface area contributed by atoms with Gasteiger partial charge in [-0.1, -0.05) is 18.9 Å². The van der Waals surface area contributed by atoms with Crippen LogP contribution < -0.4 is 10.6 Å². The lowest BCUT2D eigenvalue weighted by Crippen LogP contribution is -2.43. The van der Waals surface area contributed by atoms with Gasteiger partial charge in [-0.3, -0.25) is 9.59 Å².